The van der Waals surface area contributed by atoms with Crippen molar-refractivity contribution in [1.82, 2.24) is 4.98 Å². The fraction of sp³-hybridized carbons (Fsp3) is 0.200. The van der Waals surface area contributed by atoms with Gasteiger partial charge in [-0.1, -0.05) is 18.2 Å². The molecule has 104 valence electrons. The number of aliphatic carboxylic acids is 1. The third-order valence-electron chi connectivity index (χ3n) is 3.02. The number of carboxylic acids is 1. The normalized spacial score (nSPS) is 11.9. The van der Waals surface area contributed by atoms with E-state index >= 15 is 0 Å². The molecule has 1 aromatic carbocycles. The van der Waals surface area contributed by atoms with E-state index in [0.29, 0.717) is 11.4 Å². The first-order valence-corrected chi connectivity index (χ1v) is 6.08. The van der Waals surface area contributed by atoms with Crippen molar-refractivity contribution in [3.05, 3.63) is 59.7 Å². The minimum Gasteiger partial charge on any atom is -0.496 e. The molecule has 0 fully saturated rings. The van der Waals surface area contributed by atoms with Gasteiger partial charge in [-0.05, 0) is 30.2 Å². The molecule has 2 rings (SSSR count). The number of rotatable bonds is 5. The van der Waals surface area contributed by atoms with Crippen molar-refractivity contribution in [2.45, 2.75) is 12.3 Å². The molecular formula is C15H14FNO3. The first-order valence-electron chi connectivity index (χ1n) is 6.08. The molecule has 2 aromatic rings. The second-order valence-electron chi connectivity index (χ2n) is 4.31. The van der Waals surface area contributed by atoms with Gasteiger partial charge in [-0.25, -0.2) is 4.39 Å². The summed E-state index contributed by atoms with van der Waals surface area (Å²) in [5.74, 6) is -1.71. The van der Waals surface area contributed by atoms with Gasteiger partial charge in [0.05, 0.1) is 19.0 Å². The van der Waals surface area contributed by atoms with Crippen molar-refractivity contribution in [2.24, 2.45) is 0 Å². The number of aromatic nitrogens is 1. The molecule has 0 saturated carbocycles. The molecule has 20 heavy (non-hydrogen) atoms. The average Bonchev–Trinajstić information content (AvgIpc) is 2.46. The number of para-hydroxylation sites is 1. The fourth-order valence-corrected chi connectivity index (χ4v) is 2.00. The van der Waals surface area contributed by atoms with E-state index in [4.69, 9.17) is 4.74 Å². The largest absolute Gasteiger partial charge is 0.496 e. The molecule has 0 aliphatic rings. The van der Waals surface area contributed by atoms with Crippen LogP contribution in [0.1, 0.15) is 17.2 Å². The van der Waals surface area contributed by atoms with Crippen molar-refractivity contribution in [2.75, 3.05) is 7.11 Å². The van der Waals surface area contributed by atoms with Crippen LogP contribution in [-0.4, -0.2) is 23.2 Å². The lowest BCUT2D eigenvalue weighted by Crippen LogP contribution is -2.16. The van der Waals surface area contributed by atoms with E-state index in [0.717, 1.165) is 11.8 Å². The van der Waals surface area contributed by atoms with Crippen LogP contribution in [0.5, 0.6) is 5.75 Å². The lowest BCUT2D eigenvalue weighted by molar-refractivity contribution is -0.138. The first kappa shape index (κ1) is 14.0. The number of hydrogen-bond acceptors (Lipinski definition) is 3. The van der Waals surface area contributed by atoms with Gasteiger partial charge in [0.25, 0.3) is 0 Å². The maximum atomic E-state index is 12.9. The fourth-order valence-electron chi connectivity index (χ4n) is 2.00. The minimum absolute atomic E-state index is 0.234. The highest BCUT2D eigenvalue weighted by Crippen LogP contribution is 2.25. The Labute approximate surface area is 115 Å². The van der Waals surface area contributed by atoms with Gasteiger partial charge < -0.3 is 9.84 Å². The molecule has 0 aliphatic heterocycles. The summed E-state index contributed by atoms with van der Waals surface area (Å²) in [6.45, 7) is 0. The first-order chi connectivity index (χ1) is 9.61. The molecule has 4 nitrogen and oxygen atoms in total. The Morgan fingerprint density at radius 1 is 1.35 bits per heavy atom. The maximum Gasteiger partial charge on any atom is 0.312 e. The van der Waals surface area contributed by atoms with Crippen LogP contribution in [-0.2, 0) is 11.2 Å². The predicted octanol–water partition coefficient (Wildman–Crippen LogP) is 2.64. The number of benzene rings is 1. The van der Waals surface area contributed by atoms with Crippen molar-refractivity contribution in [1.29, 1.82) is 0 Å². The van der Waals surface area contributed by atoms with Gasteiger partial charge in [0, 0.05) is 0 Å². The number of carboxylic acid groups (broad SMARTS) is 1. The lowest BCUT2D eigenvalue weighted by Gasteiger charge is -2.14. The van der Waals surface area contributed by atoms with E-state index in [1.54, 1.807) is 12.1 Å². The van der Waals surface area contributed by atoms with E-state index in [1.165, 1.54) is 19.2 Å². The summed E-state index contributed by atoms with van der Waals surface area (Å²) < 4.78 is 18.1. The molecule has 1 aromatic heterocycles. The van der Waals surface area contributed by atoms with Gasteiger partial charge in [0.1, 0.15) is 17.5 Å². The van der Waals surface area contributed by atoms with Crippen LogP contribution < -0.4 is 4.74 Å². The maximum absolute atomic E-state index is 12.9. The van der Waals surface area contributed by atoms with Gasteiger partial charge in [0.15, 0.2) is 0 Å². The third-order valence-corrected chi connectivity index (χ3v) is 3.02. The topological polar surface area (TPSA) is 59.4 Å². The van der Waals surface area contributed by atoms with E-state index < -0.39 is 17.7 Å². The monoisotopic (exact) mass is 275 g/mol. The molecule has 0 aliphatic carbocycles. The standard InChI is InChI=1S/C15H14FNO3/c1-20-14-5-3-2-4-10(14)8-12(15(18)19)13-7-6-11(16)9-17-13/h2-7,9,12H,8H2,1H3,(H,18,19). The summed E-state index contributed by atoms with van der Waals surface area (Å²) >= 11 is 0. The second kappa shape index (κ2) is 6.14. The second-order valence-corrected chi connectivity index (χ2v) is 4.31. The molecule has 0 amide bonds. The van der Waals surface area contributed by atoms with Crippen LogP contribution in [0.3, 0.4) is 0 Å². The number of nitrogens with zero attached hydrogens (tertiary/aromatic N) is 1. The predicted molar refractivity (Wildman–Crippen MR) is 71.3 cm³/mol. The summed E-state index contributed by atoms with van der Waals surface area (Å²) in [7, 11) is 1.53. The molecular weight excluding hydrogens is 261 g/mol. The van der Waals surface area contributed by atoms with E-state index in [9.17, 15) is 14.3 Å². The Morgan fingerprint density at radius 3 is 2.70 bits per heavy atom. The number of halogens is 1. The van der Waals surface area contributed by atoms with Gasteiger partial charge in [-0.2, -0.15) is 0 Å². The lowest BCUT2D eigenvalue weighted by atomic mass is 9.95. The summed E-state index contributed by atoms with van der Waals surface area (Å²) in [6.07, 6.45) is 1.26. The molecule has 5 heteroatoms. The Morgan fingerprint density at radius 2 is 2.10 bits per heavy atom. The molecule has 0 radical (unpaired) electrons. The Kier molecular flexibility index (Phi) is 4.30. The van der Waals surface area contributed by atoms with Crippen LogP contribution in [0.25, 0.3) is 0 Å². The number of ether oxygens (including phenoxy) is 1. The highest BCUT2D eigenvalue weighted by Gasteiger charge is 2.23. The zero-order valence-corrected chi connectivity index (χ0v) is 10.9. The quantitative estimate of drug-likeness (QED) is 0.911. The van der Waals surface area contributed by atoms with E-state index in [2.05, 4.69) is 4.98 Å². The highest BCUT2D eigenvalue weighted by molar-refractivity contribution is 5.76. The van der Waals surface area contributed by atoms with Crippen molar-refractivity contribution >= 4 is 5.97 Å². The molecule has 1 atom stereocenters. The number of methoxy groups -OCH3 is 1. The number of carbonyl (C=O) groups is 1. The summed E-state index contributed by atoms with van der Waals surface area (Å²) in [6, 6.07) is 9.80. The molecule has 1 N–H and O–H groups in total. The number of pyridine rings is 1. The van der Waals surface area contributed by atoms with Crippen LogP contribution >= 0.6 is 0 Å². The van der Waals surface area contributed by atoms with Gasteiger partial charge in [-0.15, -0.1) is 0 Å². The van der Waals surface area contributed by atoms with Gasteiger partial charge in [0.2, 0.25) is 0 Å². The Bertz CT molecular complexity index is 598. The molecule has 0 saturated heterocycles. The molecule has 0 bridgehead atoms. The summed E-state index contributed by atoms with van der Waals surface area (Å²) in [5, 5.41) is 9.35. The molecule has 1 heterocycles. The molecule has 1 unspecified atom stereocenters. The van der Waals surface area contributed by atoms with E-state index in [-0.39, 0.29) is 6.42 Å². The molecule has 0 spiro atoms. The van der Waals surface area contributed by atoms with E-state index in [1.807, 2.05) is 12.1 Å². The van der Waals surface area contributed by atoms with Crippen molar-refractivity contribution < 1.29 is 19.0 Å². The van der Waals surface area contributed by atoms with Crippen molar-refractivity contribution in [3.8, 4) is 5.75 Å². The van der Waals surface area contributed by atoms with Crippen LogP contribution in [0, 0.1) is 5.82 Å². The number of hydrogen-bond donors (Lipinski definition) is 1. The average molecular weight is 275 g/mol. The van der Waals surface area contributed by atoms with Gasteiger partial charge >= 0.3 is 5.97 Å². The van der Waals surface area contributed by atoms with Crippen molar-refractivity contribution in [3.63, 3.8) is 0 Å². The zero-order valence-electron chi connectivity index (χ0n) is 10.9. The third kappa shape index (κ3) is 3.12. The highest BCUT2D eigenvalue weighted by atomic mass is 19.1. The Balaban J connectivity index is 2.30. The summed E-state index contributed by atoms with van der Waals surface area (Å²) in [5.41, 5.74) is 1.10. The smallest absolute Gasteiger partial charge is 0.312 e. The van der Waals surface area contributed by atoms with Crippen LogP contribution in [0.2, 0.25) is 0 Å². The SMILES string of the molecule is COc1ccccc1CC(C(=O)O)c1ccc(F)cn1. The summed E-state index contributed by atoms with van der Waals surface area (Å²) in [4.78, 5) is 15.3. The van der Waals surface area contributed by atoms with Crippen LogP contribution in [0.15, 0.2) is 42.6 Å². The Hall–Kier alpha value is -2.43. The van der Waals surface area contributed by atoms with Gasteiger partial charge in [-0.3, -0.25) is 9.78 Å². The van der Waals surface area contributed by atoms with Crippen LogP contribution in [0.4, 0.5) is 4.39 Å². The minimum atomic E-state index is -1.00. The zero-order chi connectivity index (χ0) is 14.5.